The van der Waals surface area contributed by atoms with Crippen LogP contribution >= 0.6 is 11.6 Å². The fourth-order valence-electron chi connectivity index (χ4n) is 2.61. The van der Waals surface area contributed by atoms with Crippen LogP contribution in [0.3, 0.4) is 0 Å². The van der Waals surface area contributed by atoms with Crippen molar-refractivity contribution in [3.05, 3.63) is 61.0 Å². The number of carbonyl (C=O) groups excluding carboxylic acids is 1. The van der Waals surface area contributed by atoms with Gasteiger partial charge in [0.2, 0.25) is 11.9 Å². The van der Waals surface area contributed by atoms with Gasteiger partial charge in [-0.2, -0.15) is 13.2 Å². The summed E-state index contributed by atoms with van der Waals surface area (Å²) in [4.78, 5) is 50.5. The number of hydroxylamine groups is 1. The molecule has 0 aliphatic heterocycles. The number of benzene rings is 1. The smallest absolute Gasteiger partial charge is 0.475 e. The minimum Gasteiger partial charge on any atom is -0.475 e. The molecule has 0 saturated heterocycles. The third-order valence-electron chi connectivity index (χ3n) is 4.21. The van der Waals surface area contributed by atoms with Gasteiger partial charge in [0, 0.05) is 18.3 Å². The summed E-state index contributed by atoms with van der Waals surface area (Å²) in [6.45, 7) is 1.57. The third kappa shape index (κ3) is 10.7. The van der Waals surface area contributed by atoms with Crippen molar-refractivity contribution < 1.29 is 46.0 Å². The summed E-state index contributed by atoms with van der Waals surface area (Å²) >= 11 is 5.72. The Hall–Kier alpha value is -4.43. The molecular formula is C19H21ClF3N7O9S. The van der Waals surface area contributed by atoms with Crippen LogP contribution in [0.25, 0.3) is 0 Å². The summed E-state index contributed by atoms with van der Waals surface area (Å²) in [6.07, 6.45) is -5.44. The molecule has 1 aromatic heterocycles. The van der Waals surface area contributed by atoms with Crippen LogP contribution in [0, 0.1) is 22.4 Å². The van der Waals surface area contributed by atoms with Crippen molar-refractivity contribution in [3.63, 3.8) is 0 Å². The van der Waals surface area contributed by atoms with Crippen LogP contribution in [0.4, 0.5) is 24.5 Å². The molecule has 1 heterocycles. The number of hydrogen-bond acceptors (Lipinski definition) is 9. The van der Waals surface area contributed by atoms with E-state index in [0.717, 1.165) is 18.2 Å². The van der Waals surface area contributed by atoms with Crippen LogP contribution in [0.5, 0.6) is 0 Å². The van der Waals surface area contributed by atoms with Gasteiger partial charge in [0.1, 0.15) is 10.7 Å². The predicted molar refractivity (Wildman–Crippen MR) is 132 cm³/mol. The van der Waals surface area contributed by atoms with Crippen LogP contribution in [0.15, 0.2) is 34.0 Å². The summed E-state index contributed by atoms with van der Waals surface area (Å²) in [7, 11) is -4.44. The zero-order valence-electron chi connectivity index (χ0n) is 20.1. The van der Waals surface area contributed by atoms with Crippen molar-refractivity contribution in [1.82, 2.24) is 15.8 Å². The zero-order valence-corrected chi connectivity index (χ0v) is 21.7. The number of guanidine groups is 1. The quantitative estimate of drug-likeness (QED) is 0.0644. The summed E-state index contributed by atoms with van der Waals surface area (Å²) in [5, 5.41) is 27.4. The summed E-state index contributed by atoms with van der Waals surface area (Å²) < 4.78 is 59.4. The van der Waals surface area contributed by atoms with Gasteiger partial charge in [-0.3, -0.25) is 34.7 Å². The Bertz CT molecular complexity index is 1450. The summed E-state index contributed by atoms with van der Waals surface area (Å²) in [6, 6.07) is 4.26. The van der Waals surface area contributed by atoms with Gasteiger partial charge in [-0.1, -0.05) is 11.6 Å². The summed E-state index contributed by atoms with van der Waals surface area (Å²) in [5.74, 6) is -3.72. The van der Waals surface area contributed by atoms with Gasteiger partial charge in [-0.25, -0.2) is 18.7 Å². The third-order valence-corrected chi connectivity index (χ3v) is 5.88. The van der Waals surface area contributed by atoms with Crippen molar-refractivity contribution in [3.8, 4) is 0 Å². The van der Waals surface area contributed by atoms with E-state index in [0.29, 0.717) is 5.69 Å². The van der Waals surface area contributed by atoms with Crippen molar-refractivity contribution in [2.45, 2.75) is 24.4 Å². The number of aliphatic carboxylic acids is 1. The fraction of sp³-hybridized carbons (Fsp3) is 0.263. The highest BCUT2D eigenvalue weighted by Crippen LogP contribution is 2.28. The Morgan fingerprint density at radius 2 is 1.90 bits per heavy atom. The van der Waals surface area contributed by atoms with Gasteiger partial charge < -0.3 is 21.1 Å². The number of nitro benzene ring substituents is 1. The normalized spacial score (nSPS) is 11.0. The molecule has 1 amide bonds. The topological polar surface area (TPSA) is 260 Å². The lowest BCUT2D eigenvalue weighted by Crippen LogP contribution is -2.35. The molecular weight excluding hydrogens is 595 g/mol. The molecule has 1 aromatic carbocycles. The Kier molecular flexibility index (Phi) is 11.8. The van der Waals surface area contributed by atoms with Crippen LogP contribution < -0.4 is 26.8 Å². The van der Waals surface area contributed by atoms with Crippen LogP contribution in [-0.4, -0.2) is 60.6 Å². The van der Waals surface area contributed by atoms with Gasteiger partial charge in [-0.05, 0) is 30.7 Å². The number of nitrogens with one attached hydrogen (secondary N) is 5. The highest BCUT2D eigenvalue weighted by atomic mass is 35.5. The number of carbonyl (C=O) groups is 2. The van der Waals surface area contributed by atoms with Gasteiger partial charge in [0.15, 0.2) is 0 Å². The number of pyridine rings is 1. The number of alkyl halides is 3. The second-order valence-corrected chi connectivity index (χ2v) is 9.44. The highest BCUT2D eigenvalue weighted by Gasteiger charge is 2.38. The van der Waals surface area contributed by atoms with E-state index in [-0.39, 0.29) is 30.2 Å². The Balaban J connectivity index is 0.00000101. The van der Waals surface area contributed by atoms with E-state index in [9.17, 15) is 41.3 Å². The molecule has 2 rings (SSSR count). The molecule has 16 nitrogen and oxygen atoms in total. The van der Waals surface area contributed by atoms with Gasteiger partial charge in [0.25, 0.3) is 21.3 Å². The van der Waals surface area contributed by atoms with Crippen molar-refractivity contribution in [2.75, 3.05) is 17.9 Å². The first kappa shape index (κ1) is 33.6. The number of nitro groups is 1. The molecule has 0 bridgehead atoms. The molecule has 0 saturated carbocycles. The first-order chi connectivity index (χ1) is 18.3. The van der Waals surface area contributed by atoms with Gasteiger partial charge in [-0.15, -0.1) is 0 Å². The molecule has 0 aliphatic rings. The lowest BCUT2D eigenvalue weighted by Gasteiger charge is -2.13. The maximum absolute atomic E-state index is 12.8. The number of nitrogens with zero attached hydrogens (tertiary/aromatic N) is 1. The number of aromatic amines is 1. The molecule has 0 fully saturated rings. The molecule has 0 radical (unpaired) electrons. The van der Waals surface area contributed by atoms with Crippen LogP contribution in [0.2, 0.25) is 5.02 Å². The Morgan fingerprint density at radius 3 is 2.42 bits per heavy atom. The standard InChI is InChI=1S/C17H20ClN7O7S.C2HF3O2/c1-9-6-10(7-14(26)21-4-5-32-23-17(19)20)15(16(27)22-9)24-33(30,31)11-2-3-12(18)13(8-11)25(28)29;3-2(4,5)1(6)7/h2-3,6,8,24H,4-5,7H2,1H3,(H,21,26)(H,22,27)(H4,19,20,23);(H,6,7). The lowest BCUT2D eigenvalue weighted by molar-refractivity contribution is -0.384. The van der Waals surface area contributed by atoms with Gasteiger partial charge in [0.05, 0.1) is 22.8 Å². The maximum atomic E-state index is 12.8. The van der Waals surface area contributed by atoms with Crippen molar-refractivity contribution in [1.29, 1.82) is 5.41 Å². The number of halogens is 4. The number of H-pyrrole nitrogens is 1. The predicted octanol–water partition coefficient (Wildman–Crippen LogP) is 0.752. The second-order valence-electron chi connectivity index (χ2n) is 7.35. The number of hydrogen-bond donors (Lipinski definition) is 7. The van der Waals surface area contributed by atoms with E-state index in [4.69, 9.17) is 37.5 Å². The maximum Gasteiger partial charge on any atom is 0.490 e. The number of aromatic nitrogens is 1. The number of anilines is 1. The monoisotopic (exact) mass is 615 g/mol. The number of carboxylic acid groups (broad SMARTS) is 1. The van der Waals surface area contributed by atoms with Gasteiger partial charge >= 0.3 is 12.1 Å². The molecule has 0 unspecified atom stereocenters. The van der Waals surface area contributed by atoms with Crippen molar-refractivity contribution >= 4 is 50.8 Å². The number of carboxylic acids is 1. The number of nitrogens with two attached hydrogens (primary N) is 1. The average molecular weight is 616 g/mol. The zero-order chi connectivity index (χ0) is 30.8. The number of amides is 1. The SMILES string of the molecule is Cc1cc(CC(=O)NCCONC(=N)N)c(NS(=O)(=O)c2ccc(Cl)c([N+](=O)[O-])c2)c(=O)[nH]1.O=C(O)C(F)(F)F. The molecule has 2 aromatic rings. The molecule has 220 valence electrons. The first-order valence-corrected chi connectivity index (χ1v) is 12.2. The Labute approximate surface area is 227 Å². The first-order valence-electron chi connectivity index (χ1n) is 10.3. The van der Waals surface area contributed by atoms with E-state index >= 15 is 0 Å². The fourth-order valence-corrected chi connectivity index (χ4v) is 3.92. The molecule has 21 heteroatoms. The van der Waals surface area contributed by atoms with E-state index in [1.165, 1.54) is 6.07 Å². The van der Waals surface area contributed by atoms with Crippen molar-refractivity contribution in [2.24, 2.45) is 5.73 Å². The molecule has 0 aliphatic carbocycles. The van der Waals surface area contributed by atoms with E-state index in [1.807, 2.05) is 0 Å². The number of sulfonamides is 1. The molecule has 40 heavy (non-hydrogen) atoms. The second kappa shape index (κ2) is 14.1. The summed E-state index contributed by atoms with van der Waals surface area (Å²) in [5.41, 5.74) is 5.72. The molecule has 0 spiro atoms. The minimum atomic E-state index is -5.08. The number of aryl methyl sites for hydroxylation is 1. The largest absolute Gasteiger partial charge is 0.490 e. The van der Waals surface area contributed by atoms with E-state index in [2.05, 4.69) is 20.5 Å². The average Bonchev–Trinajstić information content (AvgIpc) is 2.80. The van der Waals surface area contributed by atoms with E-state index in [1.54, 1.807) is 6.92 Å². The van der Waals surface area contributed by atoms with Crippen LogP contribution in [-0.2, 0) is 30.9 Å². The lowest BCUT2D eigenvalue weighted by atomic mass is 10.1. The highest BCUT2D eigenvalue weighted by molar-refractivity contribution is 7.92. The van der Waals surface area contributed by atoms with E-state index < -0.39 is 60.8 Å². The molecule has 8 N–H and O–H groups in total. The molecule has 0 atom stereocenters. The Morgan fingerprint density at radius 1 is 1.30 bits per heavy atom. The number of rotatable bonds is 10. The minimum absolute atomic E-state index is 0.0193. The van der Waals surface area contributed by atoms with Crippen LogP contribution in [0.1, 0.15) is 11.3 Å².